The van der Waals surface area contributed by atoms with Crippen LogP contribution in [-0.4, -0.2) is 26.4 Å². The van der Waals surface area contributed by atoms with Crippen molar-refractivity contribution in [1.29, 1.82) is 0 Å². The number of allylic oxidation sites excluding steroid dienone is 1. The third-order valence-electron chi connectivity index (χ3n) is 4.09. The number of benzene rings is 2. The molecule has 1 amide bonds. The average molecular weight is 465 g/mol. The Kier molecular flexibility index (Phi) is 7.64. The van der Waals surface area contributed by atoms with E-state index in [1.807, 2.05) is 19.1 Å². The molecule has 31 heavy (non-hydrogen) atoms. The number of carbonyl (C=O) groups excluding carboxylic acids is 1. The minimum absolute atomic E-state index is 0.0450. The number of amides is 1. The van der Waals surface area contributed by atoms with Gasteiger partial charge in [0.15, 0.2) is 11.0 Å². The number of ether oxygens (including phenoxy) is 1. The summed E-state index contributed by atoms with van der Waals surface area (Å²) in [6.45, 7) is 6.19. The Morgan fingerprint density at radius 1 is 1.29 bits per heavy atom. The molecule has 1 heterocycles. The summed E-state index contributed by atoms with van der Waals surface area (Å²) in [5, 5.41) is 11.6. The molecular weight excluding hydrogens is 446 g/mol. The minimum Gasteiger partial charge on any atom is -0.484 e. The van der Waals surface area contributed by atoms with Crippen molar-refractivity contribution < 1.29 is 18.3 Å². The number of hydrogen-bond acceptors (Lipinski definition) is 5. The molecule has 0 aliphatic carbocycles. The second-order valence-electron chi connectivity index (χ2n) is 6.48. The monoisotopic (exact) mass is 464 g/mol. The topological polar surface area (TPSA) is 69.0 Å². The molecule has 0 aliphatic rings. The molecule has 2 aromatic carbocycles. The van der Waals surface area contributed by atoms with E-state index in [4.69, 9.17) is 16.3 Å². The maximum atomic E-state index is 13.7. The highest BCUT2D eigenvalue weighted by molar-refractivity contribution is 7.99. The summed E-state index contributed by atoms with van der Waals surface area (Å²) in [4.78, 5) is 12.2. The molecule has 3 rings (SSSR count). The van der Waals surface area contributed by atoms with Gasteiger partial charge in [-0.3, -0.25) is 9.36 Å². The fraction of sp³-hybridized carbons (Fsp3) is 0.190. The van der Waals surface area contributed by atoms with Gasteiger partial charge in [0.05, 0.1) is 16.5 Å². The number of nitrogens with one attached hydrogen (secondary N) is 1. The van der Waals surface area contributed by atoms with Gasteiger partial charge < -0.3 is 10.1 Å². The van der Waals surface area contributed by atoms with Crippen molar-refractivity contribution in [2.45, 2.75) is 25.2 Å². The summed E-state index contributed by atoms with van der Waals surface area (Å²) >= 11 is 7.28. The van der Waals surface area contributed by atoms with Crippen LogP contribution in [-0.2, 0) is 17.9 Å². The van der Waals surface area contributed by atoms with Crippen LogP contribution in [0.3, 0.4) is 0 Å². The first kappa shape index (κ1) is 22.8. The molecule has 0 unspecified atom stereocenters. The Hall–Kier alpha value is -2.91. The lowest BCUT2D eigenvalue weighted by Crippen LogP contribution is -2.16. The van der Waals surface area contributed by atoms with E-state index in [0.717, 1.165) is 23.4 Å². The van der Waals surface area contributed by atoms with Crippen LogP contribution in [0.2, 0.25) is 5.02 Å². The van der Waals surface area contributed by atoms with Crippen molar-refractivity contribution in [3.8, 4) is 5.75 Å². The molecule has 0 aliphatic heterocycles. The maximum Gasteiger partial charge on any atom is 0.234 e. The van der Waals surface area contributed by atoms with Crippen LogP contribution in [0.1, 0.15) is 11.4 Å². The fourth-order valence-corrected chi connectivity index (χ4v) is 3.55. The van der Waals surface area contributed by atoms with Crippen LogP contribution in [0.4, 0.5) is 14.5 Å². The van der Waals surface area contributed by atoms with Crippen LogP contribution in [0.5, 0.6) is 5.75 Å². The number of aromatic nitrogens is 3. The first-order valence-electron chi connectivity index (χ1n) is 9.17. The van der Waals surface area contributed by atoms with Crippen LogP contribution in [0, 0.1) is 18.6 Å². The lowest BCUT2D eigenvalue weighted by Gasteiger charge is -2.11. The molecule has 0 atom stereocenters. The minimum atomic E-state index is -0.845. The first-order chi connectivity index (χ1) is 14.9. The zero-order chi connectivity index (χ0) is 22.4. The van der Waals surface area contributed by atoms with Crippen molar-refractivity contribution in [2.75, 3.05) is 11.1 Å². The van der Waals surface area contributed by atoms with Gasteiger partial charge in [-0.05, 0) is 36.8 Å². The Bertz CT molecular complexity index is 1110. The molecular formula is C21H19ClF2N4O2S. The quantitative estimate of drug-likeness (QED) is 0.356. The van der Waals surface area contributed by atoms with E-state index in [1.165, 1.54) is 6.07 Å². The van der Waals surface area contributed by atoms with E-state index < -0.39 is 17.5 Å². The van der Waals surface area contributed by atoms with Crippen LogP contribution in [0.25, 0.3) is 0 Å². The molecule has 10 heteroatoms. The van der Waals surface area contributed by atoms with Crippen molar-refractivity contribution in [1.82, 2.24) is 14.8 Å². The molecule has 0 fully saturated rings. The van der Waals surface area contributed by atoms with Crippen LogP contribution < -0.4 is 10.1 Å². The summed E-state index contributed by atoms with van der Waals surface area (Å²) in [5.74, 6) is -1.01. The summed E-state index contributed by atoms with van der Waals surface area (Å²) in [6, 6.07) is 8.40. The molecule has 3 aromatic rings. The third kappa shape index (κ3) is 6.05. The number of carbonyl (C=O) groups is 1. The average Bonchev–Trinajstić information content (AvgIpc) is 3.11. The first-order valence-corrected chi connectivity index (χ1v) is 10.5. The van der Waals surface area contributed by atoms with E-state index in [-0.39, 0.29) is 18.0 Å². The Morgan fingerprint density at radius 3 is 2.84 bits per heavy atom. The van der Waals surface area contributed by atoms with Crippen molar-refractivity contribution in [3.05, 3.63) is 77.1 Å². The SMILES string of the molecule is C=CCn1c(COc2cc(C)ccc2Cl)nnc1SCC(=O)Nc1ccc(F)cc1F. The van der Waals surface area contributed by atoms with E-state index in [0.29, 0.717) is 34.4 Å². The predicted molar refractivity (Wildman–Crippen MR) is 116 cm³/mol. The van der Waals surface area contributed by atoms with E-state index in [1.54, 1.807) is 16.7 Å². The highest BCUT2D eigenvalue weighted by Gasteiger charge is 2.15. The van der Waals surface area contributed by atoms with Gasteiger partial charge >= 0.3 is 0 Å². The number of anilines is 1. The summed E-state index contributed by atoms with van der Waals surface area (Å²) in [5.41, 5.74) is 0.912. The number of thioether (sulfide) groups is 1. The number of hydrogen-bond donors (Lipinski definition) is 1. The van der Waals surface area contributed by atoms with Gasteiger partial charge in [-0.25, -0.2) is 8.78 Å². The molecule has 6 nitrogen and oxygen atoms in total. The number of nitrogens with zero attached hydrogens (tertiary/aromatic N) is 3. The second kappa shape index (κ2) is 10.4. The normalized spacial score (nSPS) is 10.7. The van der Waals surface area contributed by atoms with E-state index in [2.05, 4.69) is 22.1 Å². The smallest absolute Gasteiger partial charge is 0.234 e. The molecule has 0 bridgehead atoms. The van der Waals surface area contributed by atoms with Gasteiger partial charge in [0.1, 0.15) is 24.0 Å². The standard InChI is InChI=1S/C21H19ClF2N4O2S/c1-3-8-28-19(11-30-18-9-13(2)4-6-15(18)22)26-27-21(28)31-12-20(29)25-17-7-5-14(23)10-16(17)24/h3-7,9-10H,1,8,11-12H2,2H3,(H,25,29). The van der Waals surface area contributed by atoms with Crippen molar-refractivity contribution in [2.24, 2.45) is 0 Å². The lowest BCUT2D eigenvalue weighted by atomic mass is 10.2. The largest absolute Gasteiger partial charge is 0.484 e. The molecule has 1 aromatic heterocycles. The fourth-order valence-electron chi connectivity index (χ4n) is 2.62. The number of halogens is 3. The summed E-state index contributed by atoms with van der Waals surface area (Å²) in [7, 11) is 0. The van der Waals surface area contributed by atoms with Crippen molar-refractivity contribution >= 4 is 35.0 Å². The molecule has 162 valence electrons. The number of aryl methyl sites for hydroxylation is 1. The highest BCUT2D eigenvalue weighted by atomic mass is 35.5. The zero-order valence-electron chi connectivity index (χ0n) is 16.6. The van der Waals surface area contributed by atoms with Gasteiger partial charge in [0.25, 0.3) is 0 Å². The van der Waals surface area contributed by atoms with Gasteiger partial charge in [-0.2, -0.15) is 0 Å². The zero-order valence-corrected chi connectivity index (χ0v) is 18.1. The Labute approximate surface area is 187 Å². The molecule has 0 saturated carbocycles. The Balaban J connectivity index is 1.64. The number of rotatable bonds is 9. The molecule has 0 spiro atoms. The predicted octanol–water partition coefficient (Wildman–Crippen LogP) is 5.01. The van der Waals surface area contributed by atoms with Crippen molar-refractivity contribution in [3.63, 3.8) is 0 Å². The van der Waals surface area contributed by atoms with Gasteiger partial charge in [-0.15, -0.1) is 16.8 Å². The molecule has 0 saturated heterocycles. The summed E-state index contributed by atoms with van der Waals surface area (Å²) < 4.78 is 34.2. The van der Waals surface area contributed by atoms with E-state index >= 15 is 0 Å². The Morgan fingerprint density at radius 2 is 2.10 bits per heavy atom. The third-order valence-corrected chi connectivity index (χ3v) is 5.37. The lowest BCUT2D eigenvalue weighted by molar-refractivity contribution is -0.113. The summed E-state index contributed by atoms with van der Waals surface area (Å²) in [6.07, 6.45) is 1.67. The highest BCUT2D eigenvalue weighted by Crippen LogP contribution is 2.26. The van der Waals surface area contributed by atoms with Gasteiger partial charge in [0.2, 0.25) is 5.91 Å². The van der Waals surface area contributed by atoms with Gasteiger partial charge in [-0.1, -0.05) is 35.5 Å². The second-order valence-corrected chi connectivity index (χ2v) is 7.83. The van der Waals surface area contributed by atoms with E-state index in [9.17, 15) is 13.6 Å². The molecule has 0 radical (unpaired) electrons. The van der Waals surface area contributed by atoms with Gasteiger partial charge in [0, 0.05) is 12.6 Å². The van der Waals surface area contributed by atoms with Crippen LogP contribution in [0.15, 0.2) is 54.2 Å². The molecule has 1 N–H and O–H groups in total. The maximum absolute atomic E-state index is 13.7. The van der Waals surface area contributed by atoms with Crippen LogP contribution >= 0.6 is 23.4 Å².